The third-order valence-electron chi connectivity index (χ3n) is 4.16. The fraction of sp³-hybridized carbons (Fsp3) is 0.353. The van der Waals surface area contributed by atoms with Gasteiger partial charge in [0.05, 0.1) is 5.69 Å². The van der Waals surface area contributed by atoms with E-state index in [1.807, 2.05) is 37.3 Å². The average molecular weight is 324 g/mol. The van der Waals surface area contributed by atoms with Gasteiger partial charge in [0.25, 0.3) is 0 Å². The average Bonchev–Trinajstić information content (AvgIpc) is 3.37. The molecule has 2 aliphatic rings. The number of nitrogens with one attached hydrogen (secondary N) is 2. The molecule has 7 heteroatoms. The van der Waals surface area contributed by atoms with Crippen LogP contribution in [0.5, 0.6) is 0 Å². The molecule has 0 amide bonds. The zero-order chi connectivity index (χ0) is 17.1. The van der Waals surface area contributed by atoms with E-state index in [1.165, 1.54) is 5.01 Å². The van der Waals surface area contributed by atoms with Crippen molar-refractivity contribution in [3.63, 3.8) is 0 Å². The number of pyridine rings is 1. The molecule has 1 aromatic heterocycles. The maximum Gasteiger partial charge on any atom is 0.172 e. The molecular formula is C17H20N6O. The summed E-state index contributed by atoms with van der Waals surface area (Å²) in [6, 6.07) is 5.72. The lowest BCUT2D eigenvalue weighted by Gasteiger charge is -2.17. The van der Waals surface area contributed by atoms with E-state index >= 15 is 0 Å². The van der Waals surface area contributed by atoms with Crippen molar-refractivity contribution in [1.29, 1.82) is 10.9 Å². The molecule has 3 rings (SSSR count). The van der Waals surface area contributed by atoms with Crippen LogP contribution in [0.4, 0.5) is 0 Å². The van der Waals surface area contributed by atoms with Crippen LogP contribution < -0.4 is 0 Å². The van der Waals surface area contributed by atoms with E-state index in [-0.39, 0.29) is 12.4 Å². The first-order valence-corrected chi connectivity index (χ1v) is 7.81. The molecule has 124 valence electrons. The quantitative estimate of drug-likeness (QED) is 0.364. The summed E-state index contributed by atoms with van der Waals surface area (Å²) < 4.78 is 0. The maximum absolute atomic E-state index is 8.23. The van der Waals surface area contributed by atoms with Gasteiger partial charge in [-0.3, -0.25) is 10.4 Å². The number of amidine groups is 1. The number of hydrogen-bond donors (Lipinski definition) is 2. The SMILES string of the molecule is Cc1cccc(CO/N=C(\C(=N)N(C)N=N)C2=CC=CC3CC23)n1. The fourth-order valence-corrected chi connectivity index (χ4v) is 2.74. The molecule has 0 aromatic carbocycles. The molecule has 0 radical (unpaired) electrons. The van der Waals surface area contributed by atoms with Gasteiger partial charge in [-0.05, 0) is 42.9 Å². The Labute approximate surface area is 140 Å². The van der Waals surface area contributed by atoms with Crippen LogP contribution in [0.15, 0.2) is 52.4 Å². The van der Waals surface area contributed by atoms with Gasteiger partial charge >= 0.3 is 0 Å². The van der Waals surface area contributed by atoms with Crippen molar-refractivity contribution in [2.24, 2.45) is 22.2 Å². The Morgan fingerprint density at radius 3 is 3.04 bits per heavy atom. The standard InChI is InChI=1S/C17H20N6O/c1-11-5-3-7-13(20-11)10-24-21-16(17(18)23(2)22-19)14-8-4-6-12-9-15(12)14/h3-8,12,15,18-19H,9-10H2,1-2H3/b18-17?,21-16-,22-19?. The molecule has 24 heavy (non-hydrogen) atoms. The summed E-state index contributed by atoms with van der Waals surface area (Å²) in [5, 5.41) is 16.9. The molecule has 1 saturated carbocycles. The zero-order valence-electron chi connectivity index (χ0n) is 13.7. The Morgan fingerprint density at radius 1 is 1.46 bits per heavy atom. The smallest absolute Gasteiger partial charge is 0.172 e. The van der Waals surface area contributed by atoms with Crippen molar-refractivity contribution in [3.8, 4) is 0 Å². The highest BCUT2D eigenvalue weighted by Gasteiger charge is 2.42. The number of allylic oxidation sites excluding steroid dienone is 3. The van der Waals surface area contributed by atoms with Gasteiger partial charge in [0.1, 0.15) is 5.71 Å². The number of aryl methyl sites for hydroxylation is 1. The van der Waals surface area contributed by atoms with E-state index in [9.17, 15) is 0 Å². The largest absolute Gasteiger partial charge is 0.389 e. The van der Waals surface area contributed by atoms with Crippen LogP contribution in [0.25, 0.3) is 0 Å². The Balaban J connectivity index is 1.79. The van der Waals surface area contributed by atoms with E-state index in [0.29, 0.717) is 17.5 Å². The van der Waals surface area contributed by atoms with Crippen LogP contribution in [-0.2, 0) is 11.4 Å². The molecular weight excluding hydrogens is 304 g/mol. The number of nitrogens with zero attached hydrogens (tertiary/aromatic N) is 4. The highest BCUT2D eigenvalue weighted by molar-refractivity contribution is 6.46. The first-order valence-electron chi connectivity index (χ1n) is 7.81. The first-order chi connectivity index (χ1) is 11.6. The molecule has 2 aliphatic carbocycles. The first kappa shape index (κ1) is 16.0. The van der Waals surface area contributed by atoms with E-state index < -0.39 is 0 Å². The fourth-order valence-electron chi connectivity index (χ4n) is 2.74. The van der Waals surface area contributed by atoms with Gasteiger partial charge in [-0.2, -0.15) is 5.53 Å². The van der Waals surface area contributed by atoms with Crippen molar-refractivity contribution in [2.45, 2.75) is 20.0 Å². The molecule has 1 fully saturated rings. The lowest BCUT2D eigenvalue weighted by molar-refractivity contribution is 0.128. The van der Waals surface area contributed by atoms with Gasteiger partial charge in [0, 0.05) is 12.7 Å². The lowest BCUT2D eigenvalue weighted by Crippen LogP contribution is -2.30. The zero-order valence-corrected chi connectivity index (χ0v) is 13.7. The van der Waals surface area contributed by atoms with E-state index in [2.05, 4.69) is 21.4 Å². The van der Waals surface area contributed by atoms with Crippen LogP contribution in [-0.4, -0.2) is 28.6 Å². The Hall–Kier alpha value is -2.83. The van der Waals surface area contributed by atoms with Crippen molar-refractivity contribution in [2.75, 3.05) is 7.05 Å². The van der Waals surface area contributed by atoms with Crippen LogP contribution >= 0.6 is 0 Å². The molecule has 1 aromatic rings. The van der Waals surface area contributed by atoms with Gasteiger partial charge in [0.15, 0.2) is 12.4 Å². The number of oxime groups is 1. The van der Waals surface area contributed by atoms with Gasteiger partial charge in [-0.1, -0.05) is 34.7 Å². The second-order valence-corrected chi connectivity index (χ2v) is 5.97. The Morgan fingerprint density at radius 2 is 2.29 bits per heavy atom. The van der Waals surface area contributed by atoms with Gasteiger partial charge in [-0.15, -0.1) is 0 Å². The van der Waals surface area contributed by atoms with Gasteiger partial charge in [0.2, 0.25) is 0 Å². The number of aromatic nitrogens is 1. The second kappa shape index (κ2) is 6.74. The predicted octanol–water partition coefficient (Wildman–Crippen LogP) is 3.25. The molecule has 0 spiro atoms. The molecule has 7 nitrogen and oxygen atoms in total. The van der Waals surface area contributed by atoms with E-state index in [0.717, 1.165) is 23.4 Å². The van der Waals surface area contributed by atoms with Crippen LogP contribution in [0.2, 0.25) is 0 Å². The van der Waals surface area contributed by atoms with Crippen LogP contribution in [0, 0.1) is 29.7 Å². The number of hydrogen-bond acceptors (Lipinski definition) is 6. The van der Waals surface area contributed by atoms with Crippen LogP contribution in [0.3, 0.4) is 0 Å². The Bertz CT molecular complexity index is 751. The molecule has 1 heterocycles. The molecule has 0 aliphatic heterocycles. The summed E-state index contributed by atoms with van der Waals surface area (Å²) in [7, 11) is 1.55. The van der Waals surface area contributed by atoms with Gasteiger partial charge < -0.3 is 4.84 Å². The Kier molecular flexibility index (Phi) is 4.50. The van der Waals surface area contributed by atoms with Gasteiger partial charge in [-0.25, -0.2) is 5.01 Å². The number of rotatable bonds is 6. The minimum absolute atomic E-state index is 0.0504. The number of fused-ring (bicyclic) bond motifs is 1. The van der Waals surface area contributed by atoms with E-state index in [4.69, 9.17) is 15.8 Å². The summed E-state index contributed by atoms with van der Waals surface area (Å²) in [5.41, 5.74) is 10.2. The summed E-state index contributed by atoms with van der Waals surface area (Å²) in [6.07, 6.45) is 7.20. The van der Waals surface area contributed by atoms with Crippen molar-refractivity contribution in [1.82, 2.24) is 9.99 Å². The third-order valence-corrected chi connectivity index (χ3v) is 4.16. The predicted molar refractivity (Wildman–Crippen MR) is 90.7 cm³/mol. The maximum atomic E-state index is 8.23. The van der Waals surface area contributed by atoms with Crippen LogP contribution in [0.1, 0.15) is 17.8 Å². The normalized spacial score (nSPS) is 21.6. The molecule has 0 saturated heterocycles. The van der Waals surface area contributed by atoms with Crippen molar-refractivity contribution < 1.29 is 4.84 Å². The minimum Gasteiger partial charge on any atom is -0.389 e. The summed E-state index contributed by atoms with van der Waals surface area (Å²) in [6.45, 7) is 2.16. The summed E-state index contributed by atoms with van der Waals surface area (Å²) >= 11 is 0. The van der Waals surface area contributed by atoms with Crippen molar-refractivity contribution >= 4 is 11.5 Å². The lowest BCUT2D eigenvalue weighted by atomic mass is 9.99. The monoisotopic (exact) mass is 324 g/mol. The molecule has 0 bridgehead atoms. The summed E-state index contributed by atoms with van der Waals surface area (Å²) in [4.78, 5) is 9.83. The summed E-state index contributed by atoms with van der Waals surface area (Å²) in [5.74, 6) is 0.961. The minimum atomic E-state index is 0.0504. The van der Waals surface area contributed by atoms with E-state index in [1.54, 1.807) is 7.05 Å². The third kappa shape index (κ3) is 3.40. The molecule has 2 N–H and O–H groups in total. The topological polar surface area (TPSA) is 97.8 Å². The molecule has 2 unspecified atom stereocenters. The molecule has 2 atom stereocenters. The highest BCUT2D eigenvalue weighted by Crippen LogP contribution is 2.47. The second-order valence-electron chi connectivity index (χ2n) is 5.97. The highest BCUT2D eigenvalue weighted by atomic mass is 16.6. The van der Waals surface area contributed by atoms with Crippen molar-refractivity contribution in [3.05, 3.63) is 53.4 Å².